The number of rotatable bonds is 5. The quantitative estimate of drug-likeness (QED) is 0.920. The van der Waals surface area contributed by atoms with Crippen LogP contribution in [0.1, 0.15) is 43.2 Å². The number of carbonyl (C=O) groups excluding carboxylic acids is 1. The lowest BCUT2D eigenvalue weighted by atomic mass is 10.1. The highest BCUT2D eigenvalue weighted by molar-refractivity contribution is 6.02. The number of ether oxygens (including phenoxy) is 2. The Kier molecular flexibility index (Phi) is 4.20. The maximum absolute atomic E-state index is 12.6. The van der Waals surface area contributed by atoms with Crippen molar-refractivity contribution in [1.82, 2.24) is 9.88 Å². The van der Waals surface area contributed by atoms with E-state index in [9.17, 15) is 4.79 Å². The number of benzene rings is 1. The van der Waals surface area contributed by atoms with E-state index in [4.69, 9.17) is 9.47 Å². The summed E-state index contributed by atoms with van der Waals surface area (Å²) in [6, 6.07) is 3.92. The monoisotopic (exact) mass is 316 g/mol. The number of carbonyl (C=O) groups is 1. The summed E-state index contributed by atoms with van der Waals surface area (Å²) in [7, 11) is 1.82. The molecule has 0 spiro atoms. The zero-order chi connectivity index (χ0) is 16.6. The van der Waals surface area contributed by atoms with Crippen molar-refractivity contribution in [3.8, 4) is 11.5 Å². The molecule has 1 aromatic heterocycles. The van der Waals surface area contributed by atoms with Crippen LogP contribution in [0.2, 0.25) is 0 Å². The van der Waals surface area contributed by atoms with Gasteiger partial charge in [0.1, 0.15) is 23.3 Å². The van der Waals surface area contributed by atoms with Crippen molar-refractivity contribution in [2.45, 2.75) is 39.7 Å². The van der Waals surface area contributed by atoms with E-state index in [0.717, 1.165) is 47.4 Å². The van der Waals surface area contributed by atoms with Gasteiger partial charge in [-0.2, -0.15) is 0 Å². The molecule has 0 aliphatic carbocycles. The smallest absolute Gasteiger partial charge is 0.270 e. The van der Waals surface area contributed by atoms with Crippen molar-refractivity contribution in [3.05, 3.63) is 23.4 Å². The molecular formula is C18H24N2O3. The van der Waals surface area contributed by atoms with Crippen LogP contribution >= 0.6 is 0 Å². The van der Waals surface area contributed by atoms with E-state index in [1.807, 2.05) is 26.1 Å². The fraction of sp³-hybridized carbons (Fsp3) is 0.500. The number of fused-ring (bicyclic) bond motifs is 3. The predicted molar refractivity (Wildman–Crippen MR) is 90.5 cm³/mol. The summed E-state index contributed by atoms with van der Waals surface area (Å²) in [5, 5.41) is 0.910. The first kappa shape index (κ1) is 15.7. The summed E-state index contributed by atoms with van der Waals surface area (Å²) >= 11 is 0. The summed E-state index contributed by atoms with van der Waals surface area (Å²) in [6.07, 6.45) is 1.95. The molecule has 3 rings (SSSR count). The second-order valence-corrected chi connectivity index (χ2v) is 6.13. The van der Waals surface area contributed by atoms with Crippen LogP contribution in [0.5, 0.6) is 11.5 Å². The lowest BCUT2D eigenvalue weighted by Crippen LogP contribution is -2.27. The Morgan fingerprint density at radius 3 is 2.91 bits per heavy atom. The highest BCUT2D eigenvalue weighted by Gasteiger charge is 2.26. The van der Waals surface area contributed by atoms with Crippen molar-refractivity contribution < 1.29 is 14.3 Å². The third-order valence-corrected chi connectivity index (χ3v) is 4.17. The van der Waals surface area contributed by atoms with Gasteiger partial charge < -0.3 is 19.4 Å². The number of nitrogens with one attached hydrogen (secondary N) is 1. The molecule has 2 aromatic rings. The summed E-state index contributed by atoms with van der Waals surface area (Å²) in [5.74, 6) is 1.66. The van der Waals surface area contributed by atoms with Crippen LogP contribution in [0.4, 0.5) is 0 Å². The van der Waals surface area contributed by atoms with E-state index in [1.165, 1.54) is 0 Å². The van der Waals surface area contributed by atoms with E-state index < -0.39 is 0 Å². The van der Waals surface area contributed by atoms with Gasteiger partial charge in [0.2, 0.25) is 0 Å². The third-order valence-electron chi connectivity index (χ3n) is 4.17. The van der Waals surface area contributed by atoms with E-state index in [1.54, 1.807) is 4.90 Å². The van der Waals surface area contributed by atoms with Crippen LogP contribution < -0.4 is 9.47 Å². The molecule has 1 N–H and O–H groups in total. The summed E-state index contributed by atoms with van der Waals surface area (Å²) in [5.41, 5.74) is 2.58. The average Bonchev–Trinajstić information content (AvgIpc) is 3.10. The maximum Gasteiger partial charge on any atom is 0.270 e. The number of H-pyrrole nitrogens is 1. The van der Waals surface area contributed by atoms with Crippen LogP contribution in [0, 0.1) is 0 Å². The first-order chi connectivity index (χ1) is 11.0. The largest absolute Gasteiger partial charge is 0.493 e. The Morgan fingerprint density at radius 2 is 2.22 bits per heavy atom. The minimum atomic E-state index is -0.00899. The summed E-state index contributed by atoms with van der Waals surface area (Å²) in [6.45, 7) is 7.40. The molecule has 1 aliphatic rings. The van der Waals surface area contributed by atoms with Gasteiger partial charge >= 0.3 is 0 Å². The van der Waals surface area contributed by atoms with E-state index in [-0.39, 0.29) is 12.0 Å². The van der Waals surface area contributed by atoms with Gasteiger partial charge in [0.25, 0.3) is 5.91 Å². The normalized spacial score (nSPS) is 16.3. The Labute approximate surface area is 136 Å². The lowest BCUT2D eigenvalue weighted by molar-refractivity contribution is 0.0790. The van der Waals surface area contributed by atoms with Crippen LogP contribution in [-0.4, -0.2) is 42.1 Å². The van der Waals surface area contributed by atoms with Crippen molar-refractivity contribution in [2.75, 3.05) is 20.2 Å². The molecule has 23 heavy (non-hydrogen) atoms. The van der Waals surface area contributed by atoms with Crippen LogP contribution in [0.3, 0.4) is 0 Å². The highest BCUT2D eigenvalue weighted by atomic mass is 16.5. The molecule has 0 fully saturated rings. The SMILES string of the molecule is CCCN(C)C(=O)c1cc2c(OCC)cc3c(c2[nH]1)OC(C)C3. The molecule has 1 atom stereocenters. The highest BCUT2D eigenvalue weighted by Crippen LogP contribution is 2.41. The standard InChI is InChI=1S/C18H24N2O3/c1-5-7-20(4)18(21)14-10-13-15(22-6-2)9-12-8-11(3)23-17(12)16(13)19-14/h9-11,19H,5-8H2,1-4H3. The van der Waals surface area contributed by atoms with Gasteiger partial charge in [-0.1, -0.05) is 6.92 Å². The fourth-order valence-corrected chi connectivity index (χ4v) is 3.16. The molecule has 0 saturated carbocycles. The molecule has 0 saturated heterocycles. The second kappa shape index (κ2) is 6.14. The minimum Gasteiger partial charge on any atom is -0.493 e. The van der Waals surface area contributed by atoms with E-state index in [2.05, 4.69) is 18.8 Å². The summed E-state index contributed by atoms with van der Waals surface area (Å²) < 4.78 is 11.7. The second-order valence-electron chi connectivity index (χ2n) is 6.13. The van der Waals surface area contributed by atoms with Crippen LogP contribution in [0.25, 0.3) is 10.9 Å². The van der Waals surface area contributed by atoms with Gasteiger partial charge in [-0.3, -0.25) is 4.79 Å². The first-order valence-electron chi connectivity index (χ1n) is 8.28. The third kappa shape index (κ3) is 2.76. The van der Waals surface area contributed by atoms with Gasteiger partial charge in [-0.15, -0.1) is 0 Å². The Bertz CT molecular complexity index is 735. The molecule has 1 aromatic carbocycles. The number of nitrogens with zero attached hydrogens (tertiary/aromatic N) is 1. The number of aromatic amines is 1. The zero-order valence-corrected chi connectivity index (χ0v) is 14.2. The van der Waals surface area contributed by atoms with Gasteiger partial charge in [0, 0.05) is 31.0 Å². The number of aromatic nitrogens is 1. The van der Waals surface area contributed by atoms with E-state index >= 15 is 0 Å². The lowest BCUT2D eigenvalue weighted by Gasteiger charge is -2.14. The zero-order valence-electron chi connectivity index (χ0n) is 14.2. The summed E-state index contributed by atoms with van der Waals surface area (Å²) in [4.78, 5) is 17.5. The van der Waals surface area contributed by atoms with Crippen LogP contribution in [-0.2, 0) is 6.42 Å². The average molecular weight is 316 g/mol. The number of hydrogen-bond donors (Lipinski definition) is 1. The molecule has 1 unspecified atom stereocenters. The van der Waals surface area contributed by atoms with Crippen molar-refractivity contribution in [3.63, 3.8) is 0 Å². The van der Waals surface area contributed by atoms with Crippen molar-refractivity contribution in [1.29, 1.82) is 0 Å². The number of hydrogen-bond acceptors (Lipinski definition) is 3. The molecule has 5 nitrogen and oxygen atoms in total. The molecule has 1 aliphatic heterocycles. The molecular weight excluding hydrogens is 292 g/mol. The number of amides is 1. The molecule has 2 heterocycles. The fourth-order valence-electron chi connectivity index (χ4n) is 3.16. The molecule has 0 radical (unpaired) electrons. The molecule has 124 valence electrons. The molecule has 0 bridgehead atoms. The topological polar surface area (TPSA) is 54.6 Å². The maximum atomic E-state index is 12.6. The Hall–Kier alpha value is -2.17. The van der Waals surface area contributed by atoms with Crippen LogP contribution in [0.15, 0.2) is 12.1 Å². The van der Waals surface area contributed by atoms with E-state index in [0.29, 0.717) is 12.3 Å². The Balaban J connectivity index is 2.09. The molecule has 1 amide bonds. The van der Waals surface area contributed by atoms with Crippen molar-refractivity contribution in [2.24, 2.45) is 0 Å². The Morgan fingerprint density at radius 1 is 1.43 bits per heavy atom. The van der Waals surface area contributed by atoms with Gasteiger partial charge in [0.15, 0.2) is 0 Å². The first-order valence-corrected chi connectivity index (χ1v) is 8.28. The minimum absolute atomic E-state index is 0.00899. The van der Waals surface area contributed by atoms with Gasteiger partial charge in [0.05, 0.1) is 12.1 Å². The van der Waals surface area contributed by atoms with Crippen molar-refractivity contribution >= 4 is 16.8 Å². The molecule has 5 heteroatoms. The van der Waals surface area contributed by atoms with Gasteiger partial charge in [-0.05, 0) is 32.4 Å². The predicted octanol–water partition coefficient (Wildman–Crippen LogP) is 3.37. The van der Waals surface area contributed by atoms with Gasteiger partial charge in [-0.25, -0.2) is 0 Å².